The van der Waals surface area contributed by atoms with E-state index in [2.05, 4.69) is 37.2 Å². The minimum atomic E-state index is -0.615. The second-order valence-electron chi connectivity index (χ2n) is 15.5. The molecular formula is C45H85N7O12. The van der Waals surface area contributed by atoms with Gasteiger partial charge >= 0.3 is 0 Å². The Balaban J connectivity index is 0. The lowest BCUT2D eigenvalue weighted by Gasteiger charge is -2.19. The van der Waals surface area contributed by atoms with Crippen molar-refractivity contribution in [2.75, 3.05) is 85.6 Å². The third kappa shape index (κ3) is 38.3. The van der Waals surface area contributed by atoms with Crippen LogP contribution in [-0.2, 0) is 57.3 Å². The first-order valence-electron chi connectivity index (χ1n) is 23.7. The number of Topliss-reactive ketones (excluding diaryl/α,β-unsaturated/α-hetero) is 1. The molecule has 64 heavy (non-hydrogen) atoms. The zero-order valence-electron chi connectivity index (χ0n) is 39.5. The number of rotatable bonds is 40. The fourth-order valence-corrected chi connectivity index (χ4v) is 6.18. The number of ether oxygens (including phenoxy) is 4. The fourth-order valence-electron chi connectivity index (χ4n) is 6.18. The van der Waals surface area contributed by atoms with Gasteiger partial charge in [-0.2, -0.15) is 0 Å². The number of unbranched alkanes of at least 4 members (excludes halogenated alkanes) is 8. The minimum Gasteiger partial charge on any atom is -0.379 e. The predicted molar refractivity (Wildman–Crippen MR) is 245 cm³/mol. The molecule has 0 aliphatic carbocycles. The van der Waals surface area contributed by atoms with E-state index in [1.54, 1.807) is 6.92 Å². The number of amides is 7. The molecule has 0 spiro atoms. The van der Waals surface area contributed by atoms with Crippen LogP contribution in [-0.4, -0.2) is 145 Å². The number of carbonyl (C=O) groups is 8. The van der Waals surface area contributed by atoms with Gasteiger partial charge < -0.3 is 56.2 Å². The summed E-state index contributed by atoms with van der Waals surface area (Å²) in [5, 5.41) is 19.1. The van der Waals surface area contributed by atoms with Crippen molar-refractivity contribution < 1.29 is 58.7 Å². The van der Waals surface area contributed by atoms with Gasteiger partial charge in [-0.05, 0) is 51.9 Å². The highest BCUT2D eigenvalue weighted by Gasteiger charge is 2.29. The molecule has 1 heterocycles. The topological polar surface area (TPSA) is 258 Å². The van der Waals surface area contributed by atoms with Gasteiger partial charge in [-0.15, -0.1) is 0 Å². The van der Waals surface area contributed by atoms with E-state index in [9.17, 15) is 38.4 Å². The lowest BCUT2D eigenvalue weighted by atomic mass is 10.0. The molecule has 1 aliphatic rings. The molecule has 7 N–H and O–H groups in total. The van der Waals surface area contributed by atoms with Crippen LogP contribution in [0.3, 0.4) is 0 Å². The van der Waals surface area contributed by atoms with Crippen LogP contribution in [0.4, 0.5) is 0 Å². The van der Waals surface area contributed by atoms with Crippen LogP contribution < -0.4 is 37.2 Å². The van der Waals surface area contributed by atoms with E-state index in [0.717, 1.165) is 64.5 Å². The van der Waals surface area contributed by atoms with Crippen LogP contribution in [0.1, 0.15) is 145 Å². The van der Waals surface area contributed by atoms with E-state index in [1.807, 2.05) is 13.8 Å². The van der Waals surface area contributed by atoms with Gasteiger partial charge in [0.25, 0.3) is 0 Å². The lowest BCUT2D eigenvalue weighted by Crippen LogP contribution is -2.48. The van der Waals surface area contributed by atoms with Crippen molar-refractivity contribution in [3.63, 3.8) is 0 Å². The second-order valence-corrected chi connectivity index (χ2v) is 15.5. The fraction of sp³-hybridized carbons (Fsp3) is 0.822. The normalized spacial score (nSPS) is 13.4. The maximum absolute atomic E-state index is 12.4. The molecule has 1 unspecified atom stereocenters. The van der Waals surface area contributed by atoms with Crippen LogP contribution >= 0.6 is 0 Å². The van der Waals surface area contributed by atoms with Gasteiger partial charge in [0.1, 0.15) is 12.6 Å². The first-order chi connectivity index (χ1) is 30.9. The van der Waals surface area contributed by atoms with Gasteiger partial charge in [0.2, 0.25) is 41.4 Å². The Bertz CT molecular complexity index is 1310. The number of hydrogen-bond donors (Lipinski definition) is 7. The van der Waals surface area contributed by atoms with Crippen molar-refractivity contribution >= 4 is 47.1 Å². The Hall–Kier alpha value is -4.20. The Morgan fingerprint density at radius 3 is 1.72 bits per heavy atom. The molecule has 19 nitrogen and oxygen atoms in total. The van der Waals surface area contributed by atoms with Crippen LogP contribution in [0.5, 0.6) is 0 Å². The summed E-state index contributed by atoms with van der Waals surface area (Å²) in [5.41, 5.74) is 0. The van der Waals surface area contributed by atoms with Gasteiger partial charge in [0.15, 0.2) is 5.78 Å². The number of carbonyl (C=O) groups excluding carboxylic acids is 8. The van der Waals surface area contributed by atoms with Gasteiger partial charge in [0, 0.05) is 86.4 Å². The molecule has 0 bridgehead atoms. The Kier molecular flexibility index (Phi) is 39.9. The van der Waals surface area contributed by atoms with Crippen LogP contribution in [0.25, 0.3) is 0 Å². The molecule has 0 radical (unpaired) electrons. The van der Waals surface area contributed by atoms with Crippen molar-refractivity contribution in [1.29, 1.82) is 0 Å². The summed E-state index contributed by atoms with van der Waals surface area (Å²) in [4.78, 5) is 94.2. The molecule has 19 heteroatoms. The standard InChI is InChI=1S/C32H56N6O7.C13H27NO5.H2/c1-3-27(40)25(38-32(45)26-16-17-31(44)37-26)14-11-13-21-34-29(42)18-23-36-30(43)19-22-35-28(41)15-10-8-6-4-5-7-9-12-20-33-24(2)39;1-3-6-17-10-11-19-12-13(15)14-5-7-18-9-8-16-4-2;/h25-26H,3-23H2,1-2H3,(H,33,39)(H,34,42)(H,35,41)(H,36,43)(H,37,44)(H,38,45);3-12H2,1-2H3,(H,14,15);1H/t25-,26?;;/m0../s1. The molecule has 372 valence electrons. The molecule has 7 amide bonds. The summed E-state index contributed by atoms with van der Waals surface area (Å²) >= 11 is 0. The van der Waals surface area contributed by atoms with E-state index in [4.69, 9.17) is 18.9 Å². The quantitative estimate of drug-likeness (QED) is 0.0438. The molecule has 1 rings (SSSR count). The number of nitrogens with one attached hydrogen (secondary N) is 7. The van der Waals surface area contributed by atoms with Crippen LogP contribution in [0.15, 0.2) is 0 Å². The maximum atomic E-state index is 12.4. The summed E-state index contributed by atoms with van der Waals surface area (Å²) < 4.78 is 20.7. The summed E-state index contributed by atoms with van der Waals surface area (Å²) in [5.74, 6) is -1.18. The van der Waals surface area contributed by atoms with Gasteiger partial charge in [0.05, 0.1) is 39.1 Å². The number of ketones is 1. The third-order valence-electron chi connectivity index (χ3n) is 9.76. The highest BCUT2D eigenvalue weighted by Crippen LogP contribution is 2.11. The minimum absolute atomic E-state index is 0. The molecule has 1 aliphatic heterocycles. The molecular weight excluding hydrogens is 831 g/mol. The lowest BCUT2D eigenvalue weighted by molar-refractivity contribution is -0.129. The first-order valence-corrected chi connectivity index (χ1v) is 23.7. The van der Waals surface area contributed by atoms with Crippen LogP contribution in [0, 0.1) is 0 Å². The van der Waals surface area contributed by atoms with Crippen molar-refractivity contribution in [2.45, 2.75) is 155 Å². The Morgan fingerprint density at radius 1 is 0.594 bits per heavy atom. The van der Waals surface area contributed by atoms with Gasteiger partial charge in [-0.25, -0.2) is 0 Å². The van der Waals surface area contributed by atoms with E-state index >= 15 is 0 Å². The predicted octanol–water partition coefficient (Wildman–Crippen LogP) is 2.52. The molecule has 2 atom stereocenters. The van der Waals surface area contributed by atoms with Crippen molar-refractivity contribution in [3.8, 4) is 0 Å². The Labute approximate surface area is 383 Å². The molecule has 1 fully saturated rings. The summed E-state index contributed by atoms with van der Waals surface area (Å²) in [7, 11) is 0. The van der Waals surface area contributed by atoms with Crippen molar-refractivity contribution in [1.82, 2.24) is 37.2 Å². The van der Waals surface area contributed by atoms with E-state index in [0.29, 0.717) is 97.7 Å². The molecule has 0 aromatic carbocycles. The van der Waals surface area contributed by atoms with Crippen molar-refractivity contribution in [2.24, 2.45) is 0 Å². The molecule has 1 saturated heterocycles. The highest BCUT2D eigenvalue weighted by atomic mass is 16.5. The average molecular weight is 916 g/mol. The molecule has 0 aromatic heterocycles. The summed E-state index contributed by atoms with van der Waals surface area (Å²) in [6.45, 7) is 13.4. The highest BCUT2D eigenvalue weighted by molar-refractivity contribution is 5.94. The third-order valence-corrected chi connectivity index (χ3v) is 9.76. The van der Waals surface area contributed by atoms with Crippen molar-refractivity contribution in [3.05, 3.63) is 0 Å². The number of hydrogen-bond acceptors (Lipinski definition) is 12. The summed E-state index contributed by atoms with van der Waals surface area (Å²) in [6.07, 6.45) is 13.0. The Morgan fingerprint density at radius 2 is 1.12 bits per heavy atom. The van der Waals surface area contributed by atoms with Gasteiger partial charge in [-0.3, -0.25) is 38.4 Å². The van der Waals surface area contributed by atoms with E-state index in [1.165, 1.54) is 13.3 Å². The first kappa shape index (κ1) is 59.8. The smallest absolute Gasteiger partial charge is 0.246 e. The largest absolute Gasteiger partial charge is 0.379 e. The van der Waals surface area contributed by atoms with Gasteiger partial charge in [-0.1, -0.05) is 52.4 Å². The van der Waals surface area contributed by atoms with E-state index < -0.39 is 12.1 Å². The molecule has 0 saturated carbocycles. The van der Waals surface area contributed by atoms with E-state index in [-0.39, 0.29) is 81.1 Å². The monoisotopic (exact) mass is 916 g/mol. The zero-order valence-corrected chi connectivity index (χ0v) is 39.5. The summed E-state index contributed by atoms with van der Waals surface area (Å²) in [6, 6.07) is -1.21. The van der Waals surface area contributed by atoms with Crippen LogP contribution in [0.2, 0.25) is 0 Å². The SMILES string of the molecule is CCC(=O)[C@H](CCCCNC(=O)CCNC(=O)CCNC(=O)CCCCCCCCCCNC(C)=O)NC(=O)C1CCC(=O)N1.CCCOCCOCC(=O)NCCOCCOCC.[HH]. The average Bonchev–Trinajstić information content (AvgIpc) is 3.71. The second kappa shape index (κ2) is 42.7. The zero-order chi connectivity index (χ0) is 47.5. The molecule has 0 aromatic rings. The maximum Gasteiger partial charge on any atom is 0.246 e.